The van der Waals surface area contributed by atoms with Crippen LogP contribution in [0.2, 0.25) is 0 Å². The van der Waals surface area contributed by atoms with Gasteiger partial charge in [0.2, 0.25) is 0 Å². The molecule has 0 amide bonds. The Morgan fingerprint density at radius 2 is 2.00 bits per heavy atom. The maximum absolute atomic E-state index is 10.3. The summed E-state index contributed by atoms with van der Waals surface area (Å²) in [7, 11) is -5.54. The molecule has 58 valence electrons. The minimum Gasteiger partial charge on any atom is -0.563 e. The topological polar surface area (TPSA) is 75.7 Å². The summed E-state index contributed by atoms with van der Waals surface area (Å²) in [5.41, 5.74) is 0. The predicted octanol–water partition coefficient (Wildman–Crippen LogP) is -1.89. The molecule has 0 bridgehead atoms. The number of hydrogen-bond acceptors (Lipinski definition) is 5. The zero-order chi connectivity index (χ0) is 7.98. The molecule has 0 aliphatic carbocycles. The Labute approximate surface area is 88.7 Å². The van der Waals surface area contributed by atoms with E-state index in [0.717, 1.165) is 0 Å². The largest absolute Gasteiger partial charge is 1.00 e. The molecule has 0 saturated heterocycles. The molecule has 0 fully saturated rings. The van der Waals surface area contributed by atoms with Crippen LogP contribution in [0.3, 0.4) is 0 Å². The normalized spacial score (nSPS) is 11.8. The van der Waals surface area contributed by atoms with E-state index in [2.05, 4.69) is 8.83 Å². The van der Waals surface area contributed by atoms with Crippen LogP contribution in [0.5, 0.6) is 0 Å². The van der Waals surface area contributed by atoms with E-state index in [4.69, 9.17) is 0 Å². The smallest absolute Gasteiger partial charge is 0.563 e. The molecule has 0 rings (SSSR count). The van der Waals surface area contributed by atoms with Crippen LogP contribution in [0.4, 0.5) is 0 Å². The molecule has 0 aliphatic heterocycles. The van der Waals surface area contributed by atoms with E-state index in [9.17, 15) is 14.0 Å². The van der Waals surface area contributed by atoms with E-state index in [1.165, 1.54) is 0 Å². The molecule has 0 aromatic heterocycles. The molecule has 2 unspecified atom stereocenters. The molecule has 5 nitrogen and oxygen atoms in total. The number of hydrogen-bond donors (Lipinski definition) is 0. The summed E-state index contributed by atoms with van der Waals surface area (Å²) in [6.45, 7) is 2.04. The third-order valence-electron chi connectivity index (χ3n) is 0.534. The van der Waals surface area contributed by atoms with Gasteiger partial charge in [-0.05, 0) is 11.0 Å². The summed E-state index contributed by atoms with van der Waals surface area (Å²) in [4.78, 5) is 9.72. The van der Waals surface area contributed by atoms with Crippen LogP contribution in [-0.2, 0) is 18.0 Å². The Hall–Kier alpha value is 1.08. The van der Waals surface area contributed by atoms with Crippen LogP contribution >= 0.6 is 16.5 Å². The van der Waals surface area contributed by atoms with Crippen molar-refractivity contribution in [3.8, 4) is 0 Å². The first-order chi connectivity index (χ1) is 4.66. The van der Waals surface area contributed by atoms with Gasteiger partial charge < -0.3 is 4.89 Å². The second kappa shape index (κ2) is 9.17. The summed E-state index contributed by atoms with van der Waals surface area (Å²) in [5, 5.41) is 0. The quantitative estimate of drug-likeness (QED) is 0.390. The molecule has 11 heavy (non-hydrogen) atoms. The van der Waals surface area contributed by atoms with E-state index >= 15 is 0 Å². The van der Waals surface area contributed by atoms with Gasteiger partial charge in [0.1, 0.15) is 10.9 Å². The molecule has 2 atom stereocenters. The Morgan fingerprint density at radius 3 is 2.36 bits per heavy atom. The van der Waals surface area contributed by atoms with Crippen LogP contribution in [-0.4, -0.2) is 6.61 Å². The fraction of sp³-hybridized carbons (Fsp3) is 1.00. The van der Waals surface area contributed by atoms with Gasteiger partial charge in [0, 0.05) is 4.57 Å². The molecule has 0 spiro atoms. The molecule has 8 heteroatoms. The molecule has 0 heterocycles. The fourth-order valence-electron chi connectivity index (χ4n) is 0.244. The van der Waals surface area contributed by atoms with Gasteiger partial charge in [-0.3, -0.25) is 0 Å². The van der Waals surface area contributed by atoms with Gasteiger partial charge in [0.05, 0.1) is 0 Å². The third-order valence-corrected chi connectivity index (χ3v) is 1.99. The van der Waals surface area contributed by atoms with Gasteiger partial charge in [-0.2, -0.15) is 0 Å². The Balaban J connectivity index is 0. The van der Waals surface area contributed by atoms with Crippen LogP contribution in [0, 0.1) is 0 Å². The molecule has 0 aliphatic rings. The van der Waals surface area contributed by atoms with Gasteiger partial charge in [-0.1, -0.05) is 6.92 Å². The fourth-order valence-corrected chi connectivity index (χ4v) is 1.20. The van der Waals surface area contributed by atoms with Crippen molar-refractivity contribution in [2.45, 2.75) is 13.3 Å². The first kappa shape index (κ1) is 14.6. The van der Waals surface area contributed by atoms with Gasteiger partial charge in [-0.25, -0.2) is 0 Å². The van der Waals surface area contributed by atoms with Crippen molar-refractivity contribution in [3.05, 3.63) is 0 Å². The SMILES string of the molecule is CCCO[P+](=O)O[P+](=O)[O-].[Na+]. The molecule has 0 aromatic rings. The van der Waals surface area contributed by atoms with Gasteiger partial charge in [-0.15, -0.1) is 4.52 Å². The average molecular weight is 208 g/mol. The zero-order valence-corrected chi connectivity index (χ0v) is 10.1. The summed E-state index contributed by atoms with van der Waals surface area (Å²) < 4.78 is 28.3. The van der Waals surface area contributed by atoms with Crippen molar-refractivity contribution in [1.29, 1.82) is 0 Å². The molecule has 0 N–H and O–H groups in total. The first-order valence-corrected chi connectivity index (χ1v) is 4.78. The second-order valence-electron chi connectivity index (χ2n) is 1.36. The minimum atomic E-state index is -3.07. The third kappa shape index (κ3) is 11.1. The van der Waals surface area contributed by atoms with Crippen molar-refractivity contribution in [2.75, 3.05) is 6.61 Å². The van der Waals surface area contributed by atoms with Crippen molar-refractivity contribution in [1.82, 2.24) is 0 Å². The summed E-state index contributed by atoms with van der Waals surface area (Å²) in [6, 6.07) is 0. The maximum atomic E-state index is 10.3. The van der Waals surface area contributed by atoms with E-state index in [1.807, 2.05) is 0 Å². The van der Waals surface area contributed by atoms with E-state index in [1.54, 1.807) is 6.92 Å². The molecule has 0 radical (unpaired) electrons. The van der Waals surface area contributed by atoms with Crippen LogP contribution in [0.15, 0.2) is 0 Å². The molecular weight excluding hydrogens is 201 g/mol. The maximum Gasteiger partial charge on any atom is 1.00 e. The Morgan fingerprint density at radius 1 is 1.45 bits per heavy atom. The monoisotopic (exact) mass is 208 g/mol. The Bertz CT molecular complexity index is 140. The zero-order valence-electron chi connectivity index (χ0n) is 6.35. The molecular formula is C3H7NaO5P2+2. The van der Waals surface area contributed by atoms with Crippen molar-refractivity contribution < 1.29 is 52.4 Å². The van der Waals surface area contributed by atoms with Crippen molar-refractivity contribution in [3.63, 3.8) is 0 Å². The first-order valence-electron chi connectivity index (χ1n) is 2.59. The summed E-state index contributed by atoms with van der Waals surface area (Å²) >= 11 is 0. The van der Waals surface area contributed by atoms with Crippen LogP contribution < -0.4 is 34.5 Å². The standard InChI is InChI=1S/C3H7O5P2.Na/c1-2-3-7-10(6)8-9(4)5;/h2-3H2,1H3;/q2*+1. The van der Waals surface area contributed by atoms with E-state index < -0.39 is 16.5 Å². The number of rotatable bonds is 5. The minimum absolute atomic E-state index is 0. The van der Waals surface area contributed by atoms with E-state index in [0.29, 0.717) is 6.42 Å². The second-order valence-corrected chi connectivity index (χ2v) is 3.17. The van der Waals surface area contributed by atoms with Crippen LogP contribution in [0.1, 0.15) is 13.3 Å². The average Bonchev–Trinajstić information content (AvgIpc) is 1.82. The van der Waals surface area contributed by atoms with Crippen molar-refractivity contribution in [2.24, 2.45) is 0 Å². The summed E-state index contributed by atoms with van der Waals surface area (Å²) in [6.07, 6.45) is 0.667. The van der Waals surface area contributed by atoms with Crippen LogP contribution in [0.25, 0.3) is 0 Å². The Kier molecular flexibility index (Phi) is 12.2. The predicted molar refractivity (Wildman–Crippen MR) is 32.5 cm³/mol. The molecule has 0 aromatic carbocycles. The van der Waals surface area contributed by atoms with Gasteiger partial charge in [0.25, 0.3) is 0 Å². The van der Waals surface area contributed by atoms with Gasteiger partial charge in [0.15, 0.2) is 0 Å². The summed E-state index contributed by atoms with van der Waals surface area (Å²) in [5.74, 6) is 0. The molecule has 0 saturated carbocycles. The van der Waals surface area contributed by atoms with Gasteiger partial charge >= 0.3 is 46.1 Å². The van der Waals surface area contributed by atoms with E-state index in [-0.39, 0.29) is 36.2 Å². The van der Waals surface area contributed by atoms with Crippen molar-refractivity contribution >= 4 is 16.5 Å².